The predicted molar refractivity (Wildman–Crippen MR) is 77.4 cm³/mol. The van der Waals surface area contributed by atoms with Crippen LogP contribution in [0.1, 0.15) is 43.3 Å². The van der Waals surface area contributed by atoms with Crippen LogP contribution in [0.15, 0.2) is 0 Å². The van der Waals surface area contributed by atoms with Gasteiger partial charge in [-0.3, -0.25) is 0 Å². The fourth-order valence-electron chi connectivity index (χ4n) is 3.11. The molecule has 3 unspecified atom stereocenters. The lowest BCUT2D eigenvalue weighted by molar-refractivity contribution is 0.490. The smallest absolute Gasteiger partial charge is 0.185 e. The Balaban J connectivity index is 1.85. The van der Waals surface area contributed by atoms with Gasteiger partial charge in [-0.1, -0.05) is 13.8 Å². The van der Waals surface area contributed by atoms with Crippen LogP contribution < -0.4 is 10.2 Å². The second kappa shape index (κ2) is 4.82. The van der Waals surface area contributed by atoms with Gasteiger partial charge in [-0.05, 0) is 38.1 Å². The van der Waals surface area contributed by atoms with Gasteiger partial charge in [0.15, 0.2) is 5.13 Å². The van der Waals surface area contributed by atoms with Gasteiger partial charge >= 0.3 is 0 Å². The molecule has 0 saturated carbocycles. The van der Waals surface area contributed by atoms with Crippen molar-refractivity contribution in [2.24, 2.45) is 11.8 Å². The Morgan fingerprint density at radius 3 is 2.67 bits per heavy atom. The Hall–Kier alpha value is -0.610. The van der Waals surface area contributed by atoms with Gasteiger partial charge in [0, 0.05) is 18.0 Å². The van der Waals surface area contributed by atoms with Gasteiger partial charge in [0.1, 0.15) is 0 Å². The minimum atomic E-state index is 0.483. The van der Waals surface area contributed by atoms with Crippen molar-refractivity contribution in [1.29, 1.82) is 0 Å². The molecule has 1 aromatic heterocycles. The van der Waals surface area contributed by atoms with E-state index in [0.29, 0.717) is 6.04 Å². The number of rotatable bonds is 2. The number of nitrogens with one attached hydrogen (secondary N) is 1. The van der Waals surface area contributed by atoms with Crippen molar-refractivity contribution in [2.45, 2.75) is 39.2 Å². The molecule has 1 saturated heterocycles. The fraction of sp³-hybridized carbons (Fsp3) is 0.786. The highest BCUT2D eigenvalue weighted by Gasteiger charge is 2.30. The van der Waals surface area contributed by atoms with E-state index in [1.807, 2.05) is 11.3 Å². The summed E-state index contributed by atoms with van der Waals surface area (Å²) in [7, 11) is 2.05. The molecule has 3 atom stereocenters. The highest BCUT2D eigenvalue weighted by molar-refractivity contribution is 7.15. The highest BCUT2D eigenvalue weighted by atomic mass is 32.1. The predicted octanol–water partition coefficient (Wildman–Crippen LogP) is 2.83. The number of thiazole rings is 1. The summed E-state index contributed by atoms with van der Waals surface area (Å²) in [6.07, 6.45) is 3.76. The van der Waals surface area contributed by atoms with Crippen LogP contribution in [0.2, 0.25) is 0 Å². The van der Waals surface area contributed by atoms with Crippen molar-refractivity contribution >= 4 is 16.5 Å². The Morgan fingerprint density at radius 2 is 2.00 bits per heavy atom. The van der Waals surface area contributed by atoms with Crippen LogP contribution in [0.25, 0.3) is 0 Å². The van der Waals surface area contributed by atoms with Crippen molar-refractivity contribution in [3.8, 4) is 0 Å². The zero-order valence-corrected chi connectivity index (χ0v) is 12.4. The number of hydrogen-bond donors (Lipinski definition) is 1. The Morgan fingerprint density at radius 1 is 1.28 bits per heavy atom. The number of aromatic nitrogens is 1. The number of nitrogens with zero attached hydrogens (tertiary/aromatic N) is 2. The van der Waals surface area contributed by atoms with Gasteiger partial charge in [-0.25, -0.2) is 4.98 Å². The lowest BCUT2D eigenvalue weighted by atomic mass is 9.98. The van der Waals surface area contributed by atoms with Gasteiger partial charge in [0.05, 0.1) is 11.7 Å². The van der Waals surface area contributed by atoms with Gasteiger partial charge in [-0.15, -0.1) is 11.3 Å². The normalized spacial score (nSPS) is 31.7. The van der Waals surface area contributed by atoms with Gasteiger partial charge in [-0.2, -0.15) is 0 Å². The molecule has 18 heavy (non-hydrogen) atoms. The lowest BCUT2D eigenvalue weighted by Gasteiger charge is -2.19. The summed E-state index contributed by atoms with van der Waals surface area (Å²) in [5.74, 6) is 1.59. The van der Waals surface area contributed by atoms with E-state index in [1.165, 1.54) is 48.1 Å². The first-order chi connectivity index (χ1) is 8.69. The monoisotopic (exact) mass is 265 g/mol. The van der Waals surface area contributed by atoms with E-state index < -0.39 is 0 Å². The summed E-state index contributed by atoms with van der Waals surface area (Å²) < 4.78 is 0. The van der Waals surface area contributed by atoms with E-state index in [1.54, 1.807) is 0 Å². The summed E-state index contributed by atoms with van der Waals surface area (Å²) in [5.41, 5.74) is 1.33. The van der Waals surface area contributed by atoms with Crippen LogP contribution in [-0.4, -0.2) is 25.1 Å². The number of fused-ring (bicyclic) bond motifs is 1. The highest BCUT2D eigenvalue weighted by Crippen LogP contribution is 2.38. The third-order valence-electron chi connectivity index (χ3n) is 4.55. The maximum Gasteiger partial charge on any atom is 0.185 e. The molecule has 0 radical (unpaired) electrons. The summed E-state index contributed by atoms with van der Waals surface area (Å²) >= 11 is 1.93. The fourth-order valence-corrected chi connectivity index (χ4v) is 4.29. The van der Waals surface area contributed by atoms with E-state index in [2.05, 4.69) is 31.1 Å². The first kappa shape index (κ1) is 12.4. The summed E-state index contributed by atoms with van der Waals surface area (Å²) in [5, 5.41) is 4.67. The number of hydrogen-bond acceptors (Lipinski definition) is 4. The molecule has 2 heterocycles. The maximum absolute atomic E-state index is 4.94. The zero-order chi connectivity index (χ0) is 12.7. The maximum atomic E-state index is 4.94. The van der Waals surface area contributed by atoms with Gasteiger partial charge in [0.2, 0.25) is 0 Å². The average Bonchev–Trinajstić information content (AvgIpc) is 2.93. The largest absolute Gasteiger partial charge is 0.348 e. The quantitative estimate of drug-likeness (QED) is 0.891. The number of aryl methyl sites for hydroxylation is 1. The summed E-state index contributed by atoms with van der Waals surface area (Å²) in [6, 6.07) is 0.483. The van der Waals surface area contributed by atoms with Crippen molar-refractivity contribution < 1.29 is 0 Å². The lowest BCUT2D eigenvalue weighted by Crippen LogP contribution is -2.22. The van der Waals surface area contributed by atoms with Crippen molar-refractivity contribution in [1.82, 2.24) is 10.3 Å². The molecule has 1 N–H and O–H groups in total. The van der Waals surface area contributed by atoms with Crippen molar-refractivity contribution in [3.05, 3.63) is 10.6 Å². The molecule has 1 aromatic rings. The first-order valence-corrected chi connectivity index (χ1v) is 7.92. The van der Waals surface area contributed by atoms with Crippen molar-refractivity contribution in [2.75, 3.05) is 25.0 Å². The van der Waals surface area contributed by atoms with Crippen LogP contribution in [0, 0.1) is 11.8 Å². The second-order valence-corrected chi connectivity index (χ2v) is 6.96. The van der Waals surface area contributed by atoms with Crippen LogP contribution in [0.3, 0.4) is 0 Å². The molecular weight excluding hydrogens is 242 g/mol. The van der Waals surface area contributed by atoms with Crippen LogP contribution >= 0.6 is 11.3 Å². The minimum Gasteiger partial charge on any atom is -0.348 e. The molecule has 3 nitrogen and oxygen atoms in total. The molecule has 100 valence electrons. The Bertz CT molecular complexity index is 419. The van der Waals surface area contributed by atoms with Gasteiger partial charge in [0.25, 0.3) is 0 Å². The molecule has 0 bridgehead atoms. The molecule has 3 rings (SSSR count). The average molecular weight is 265 g/mol. The van der Waals surface area contributed by atoms with E-state index >= 15 is 0 Å². The van der Waals surface area contributed by atoms with E-state index in [0.717, 1.165) is 11.8 Å². The molecule has 0 amide bonds. The summed E-state index contributed by atoms with van der Waals surface area (Å²) in [6.45, 7) is 7.07. The third kappa shape index (κ3) is 2.05. The van der Waals surface area contributed by atoms with E-state index in [4.69, 9.17) is 4.98 Å². The van der Waals surface area contributed by atoms with Gasteiger partial charge < -0.3 is 10.2 Å². The standard InChI is InChI=1S/C14H23N3S/c1-9-7-17(8-10(9)2)14-16-13-11(15-3)5-4-6-12(13)18-14/h9-11,15H,4-8H2,1-3H3. The SMILES string of the molecule is CNC1CCCc2sc(N3CC(C)C(C)C3)nc21. The second-order valence-electron chi connectivity index (χ2n) is 5.90. The molecule has 0 aromatic carbocycles. The third-order valence-corrected chi connectivity index (χ3v) is 5.74. The molecule has 4 heteroatoms. The Kier molecular flexibility index (Phi) is 3.32. The topological polar surface area (TPSA) is 28.2 Å². The molecule has 1 aliphatic heterocycles. The molecule has 2 aliphatic rings. The summed E-state index contributed by atoms with van der Waals surface area (Å²) in [4.78, 5) is 8.94. The van der Waals surface area contributed by atoms with Crippen molar-refractivity contribution in [3.63, 3.8) is 0 Å². The molecule has 1 aliphatic carbocycles. The van der Waals surface area contributed by atoms with Crippen LogP contribution in [-0.2, 0) is 6.42 Å². The molecular formula is C14H23N3S. The van der Waals surface area contributed by atoms with Crippen LogP contribution in [0.4, 0.5) is 5.13 Å². The van der Waals surface area contributed by atoms with Crippen LogP contribution in [0.5, 0.6) is 0 Å². The molecule has 1 fully saturated rings. The molecule has 0 spiro atoms. The first-order valence-electron chi connectivity index (χ1n) is 7.11. The Labute approximate surface area is 114 Å². The van der Waals surface area contributed by atoms with E-state index in [9.17, 15) is 0 Å². The zero-order valence-electron chi connectivity index (χ0n) is 11.6. The minimum absolute atomic E-state index is 0.483. The van der Waals surface area contributed by atoms with E-state index in [-0.39, 0.29) is 0 Å². The number of anilines is 1.